The van der Waals surface area contributed by atoms with Gasteiger partial charge in [0.25, 0.3) is 5.91 Å². The molecule has 1 aromatic carbocycles. The van der Waals surface area contributed by atoms with Gasteiger partial charge in [0.2, 0.25) is 0 Å². The number of aromatic amines is 1. The molecule has 2 amide bonds. The van der Waals surface area contributed by atoms with Crippen LogP contribution in [0.3, 0.4) is 0 Å². The van der Waals surface area contributed by atoms with Crippen molar-refractivity contribution in [3.63, 3.8) is 0 Å². The summed E-state index contributed by atoms with van der Waals surface area (Å²) >= 11 is 0. The molecule has 32 heavy (non-hydrogen) atoms. The molecule has 3 aliphatic heterocycles. The van der Waals surface area contributed by atoms with Crippen molar-refractivity contribution in [3.8, 4) is 0 Å². The molecule has 0 unspecified atom stereocenters. The third-order valence-electron chi connectivity index (χ3n) is 5.97. The van der Waals surface area contributed by atoms with Crippen LogP contribution in [0, 0.1) is 0 Å². The second kappa shape index (κ2) is 9.77. The topological polar surface area (TPSA) is 86.9 Å². The lowest BCUT2D eigenvalue weighted by molar-refractivity contribution is -0.110. The Balaban J connectivity index is 0.00000245. The Bertz CT molecular complexity index is 1030. The Morgan fingerprint density at radius 3 is 2.66 bits per heavy atom. The molecule has 0 radical (unpaired) electrons. The number of halogens is 1. The van der Waals surface area contributed by atoms with Crippen molar-refractivity contribution in [2.45, 2.75) is 13.0 Å². The van der Waals surface area contributed by atoms with Gasteiger partial charge >= 0.3 is 6.09 Å². The van der Waals surface area contributed by atoms with E-state index in [0.29, 0.717) is 25.3 Å². The van der Waals surface area contributed by atoms with Crippen LogP contribution < -0.4 is 5.32 Å². The zero-order chi connectivity index (χ0) is 21.2. The number of morpholine rings is 1. The van der Waals surface area contributed by atoms with Crippen molar-refractivity contribution in [2.75, 3.05) is 51.3 Å². The van der Waals surface area contributed by atoms with E-state index >= 15 is 0 Å². The van der Waals surface area contributed by atoms with Gasteiger partial charge in [-0.05, 0) is 41.8 Å². The Kier molecular flexibility index (Phi) is 6.83. The molecule has 2 fully saturated rings. The Hall–Kier alpha value is -2.81. The zero-order valence-corrected chi connectivity index (χ0v) is 18.6. The summed E-state index contributed by atoms with van der Waals surface area (Å²) in [5.41, 5.74) is 5.38. The second-order valence-electron chi connectivity index (χ2n) is 8.10. The van der Waals surface area contributed by atoms with E-state index in [1.165, 1.54) is 5.56 Å². The van der Waals surface area contributed by atoms with E-state index in [2.05, 4.69) is 21.3 Å². The Labute approximate surface area is 193 Å². The lowest BCUT2D eigenvalue weighted by Gasteiger charge is -2.26. The van der Waals surface area contributed by atoms with Crippen LogP contribution >= 0.6 is 12.4 Å². The summed E-state index contributed by atoms with van der Waals surface area (Å²) in [6.07, 6.45) is 4.57. The third-order valence-corrected chi connectivity index (χ3v) is 5.97. The first-order chi connectivity index (χ1) is 15.2. The lowest BCUT2D eigenvalue weighted by atomic mass is 10.0. The van der Waals surface area contributed by atoms with Gasteiger partial charge in [-0.2, -0.15) is 0 Å². The maximum Gasteiger partial charge on any atom is 0.410 e. The van der Waals surface area contributed by atoms with Crippen LogP contribution in [0.2, 0.25) is 0 Å². The number of ether oxygens (including phenoxy) is 2. The Morgan fingerprint density at radius 2 is 1.88 bits per heavy atom. The summed E-state index contributed by atoms with van der Waals surface area (Å²) in [7, 11) is 0. The largest absolute Gasteiger partial charge is 0.448 e. The third kappa shape index (κ3) is 4.82. The molecule has 0 bridgehead atoms. The second-order valence-corrected chi connectivity index (χ2v) is 8.10. The number of amides is 2. The number of rotatable bonds is 6. The predicted octanol–water partition coefficient (Wildman–Crippen LogP) is 2.76. The molecule has 2 saturated heterocycles. The molecule has 0 spiro atoms. The summed E-state index contributed by atoms with van der Waals surface area (Å²) in [6.45, 7) is 6.07. The van der Waals surface area contributed by atoms with Crippen molar-refractivity contribution in [1.82, 2.24) is 14.8 Å². The number of nitrogens with zero attached hydrogens (tertiary/aromatic N) is 2. The number of carbonyl (C=O) groups is 2. The normalized spacial score (nSPS) is 19.6. The first-order valence-electron chi connectivity index (χ1n) is 10.7. The van der Waals surface area contributed by atoms with Crippen molar-refractivity contribution < 1.29 is 19.1 Å². The minimum Gasteiger partial charge on any atom is -0.448 e. The molecular weight excluding hydrogens is 432 g/mol. The van der Waals surface area contributed by atoms with E-state index in [9.17, 15) is 9.59 Å². The summed E-state index contributed by atoms with van der Waals surface area (Å²) in [4.78, 5) is 31.7. The van der Waals surface area contributed by atoms with Crippen LogP contribution in [0.4, 0.5) is 10.5 Å². The minimum absolute atomic E-state index is 0. The van der Waals surface area contributed by atoms with Gasteiger partial charge in [-0.1, -0.05) is 6.07 Å². The maximum absolute atomic E-state index is 12.6. The number of nitrogens with one attached hydrogen (secondary N) is 2. The van der Waals surface area contributed by atoms with Gasteiger partial charge in [0.15, 0.2) is 0 Å². The molecular formula is C23H27ClN4O4. The summed E-state index contributed by atoms with van der Waals surface area (Å²) in [5.74, 6) is -0.114. The fraction of sp³-hybridized carbons (Fsp3) is 0.391. The van der Waals surface area contributed by atoms with Crippen molar-refractivity contribution >= 4 is 41.7 Å². The maximum atomic E-state index is 12.6. The quantitative estimate of drug-likeness (QED) is 0.650. The zero-order valence-electron chi connectivity index (χ0n) is 17.8. The van der Waals surface area contributed by atoms with E-state index in [1.807, 2.05) is 30.5 Å². The Morgan fingerprint density at radius 1 is 1.03 bits per heavy atom. The number of hydrogen-bond acceptors (Lipinski definition) is 5. The molecule has 4 heterocycles. The summed E-state index contributed by atoms with van der Waals surface area (Å²) < 4.78 is 10.4. The van der Waals surface area contributed by atoms with Crippen LogP contribution in [0.25, 0.3) is 11.6 Å². The van der Waals surface area contributed by atoms with E-state index in [4.69, 9.17) is 9.47 Å². The number of anilines is 1. The lowest BCUT2D eigenvalue weighted by Crippen LogP contribution is -2.37. The molecule has 0 atom stereocenters. The predicted molar refractivity (Wildman–Crippen MR) is 124 cm³/mol. The smallest absolute Gasteiger partial charge is 0.410 e. The average Bonchev–Trinajstić information content (AvgIpc) is 3.48. The first kappa shape index (κ1) is 22.4. The summed E-state index contributed by atoms with van der Waals surface area (Å²) in [5, 5.41) is 2.93. The van der Waals surface area contributed by atoms with Crippen LogP contribution in [0.5, 0.6) is 0 Å². The number of cyclic esters (lactones) is 1. The van der Waals surface area contributed by atoms with Crippen molar-refractivity contribution in [1.29, 1.82) is 0 Å². The van der Waals surface area contributed by atoms with Gasteiger partial charge in [0.1, 0.15) is 6.61 Å². The highest BCUT2D eigenvalue weighted by atomic mass is 35.5. The molecule has 0 saturated carbocycles. The van der Waals surface area contributed by atoms with E-state index < -0.39 is 0 Å². The monoisotopic (exact) mass is 458 g/mol. The van der Waals surface area contributed by atoms with Crippen LogP contribution in [0.1, 0.15) is 22.4 Å². The molecule has 8 nitrogen and oxygen atoms in total. The number of H-pyrrole nitrogens is 1. The van der Waals surface area contributed by atoms with Gasteiger partial charge in [-0.3, -0.25) is 9.69 Å². The highest BCUT2D eigenvalue weighted by Crippen LogP contribution is 2.34. The SMILES string of the molecule is Cl.O=C1Nc2ccc(CN3CCOC3=O)cc2C1=Cc1cc(CCN2CCOCC2)c[nH]1. The van der Waals surface area contributed by atoms with Crippen LogP contribution in [-0.4, -0.2) is 72.8 Å². The van der Waals surface area contributed by atoms with Crippen LogP contribution in [-0.2, 0) is 27.2 Å². The number of carbonyl (C=O) groups excluding carboxylic acids is 2. The van der Waals surface area contributed by atoms with Crippen LogP contribution in [0.15, 0.2) is 30.5 Å². The standard InChI is InChI=1S/C23H26N4O4.ClH/c28-22-20(13-18-11-16(14-24-18)3-4-26-5-8-30-9-6-26)19-12-17(1-2-21(19)25-22)15-27-7-10-31-23(27)29;/h1-2,11-14,24H,3-10,15H2,(H,25,28);1H. The number of fused-ring (bicyclic) bond motifs is 1. The van der Waals surface area contributed by atoms with E-state index in [0.717, 1.165) is 61.8 Å². The molecule has 170 valence electrons. The molecule has 3 aliphatic rings. The molecule has 1 aromatic heterocycles. The molecule has 2 N–H and O–H groups in total. The fourth-order valence-corrected chi connectivity index (χ4v) is 4.22. The number of benzene rings is 1. The highest BCUT2D eigenvalue weighted by Gasteiger charge is 2.26. The number of aromatic nitrogens is 1. The summed E-state index contributed by atoms with van der Waals surface area (Å²) in [6, 6.07) is 7.91. The molecule has 9 heteroatoms. The van der Waals surface area contributed by atoms with Crippen molar-refractivity contribution in [2.24, 2.45) is 0 Å². The fourth-order valence-electron chi connectivity index (χ4n) is 4.22. The minimum atomic E-state index is -0.290. The average molecular weight is 459 g/mol. The van der Waals surface area contributed by atoms with E-state index in [-0.39, 0.29) is 24.4 Å². The van der Waals surface area contributed by atoms with Gasteiger partial charge in [0.05, 0.1) is 25.3 Å². The van der Waals surface area contributed by atoms with Gasteiger partial charge < -0.3 is 24.7 Å². The van der Waals surface area contributed by atoms with Gasteiger partial charge in [0, 0.05) is 49.3 Å². The number of hydrogen-bond donors (Lipinski definition) is 2. The molecule has 5 rings (SSSR count). The van der Waals surface area contributed by atoms with Gasteiger partial charge in [-0.25, -0.2) is 4.79 Å². The van der Waals surface area contributed by atoms with E-state index in [1.54, 1.807) is 4.90 Å². The first-order valence-corrected chi connectivity index (χ1v) is 10.7. The highest BCUT2D eigenvalue weighted by molar-refractivity contribution is 6.34. The van der Waals surface area contributed by atoms with Crippen molar-refractivity contribution in [3.05, 3.63) is 52.8 Å². The molecule has 2 aromatic rings. The molecule has 0 aliphatic carbocycles. The van der Waals surface area contributed by atoms with Gasteiger partial charge in [-0.15, -0.1) is 12.4 Å².